The molecule has 3 atom stereocenters. The number of aliphatic imine (C=N–C) groups is 1. The second kappa shape index (κ2) is 5.88. The predicted octanol–water partition coefficient (Wildman–Crippen LogP) is 2.75. The number of benzene rings is 1. The zero-order valence-electron chi connectivity index (χ0n) is 15.2. The number of hydrogen-bond acceptors (Lipinski definition) is 6. The molecule has 146 valence electrons. The summed E-state index contributed by atoms with van der Waals surface area (Å²) in [6, 6.07) is 5.98. The fourth-order valence-electron chi connectivity index (χ4n) is 4.56. The molecule has 6 nitrogen and oxygen atoms in total. The third-order valence-electron chi connectivity index (χ3n) is 6.02. The number of hydrogen-bond donors (Lipinski definition) is 1. The van der Waals surface area contributed by atoms with Crippen LogP contribution in [0.2, 0.25) is 0 Å². The summed E-state index contributed by atoms with van der Waals surface area (Å²) in [4.78, 5) is 8.25. The molecule has 8 heteroatoms. The van der Waals surface area contributed by atoms with Crippen LogP contribution in [0.4, 0.5) is 8.78 Å². The lowest BCUT2D eigenvalue weighted by atomic mass is 9.66. The maximum absolute atomic E-state index is 15.0. The number of rotatable bonds is 1. The van der Waals surface area contributed by atoms with E-state index in [0.717, 1.165) is 0 Å². The minimum atomic E-state index is -0.881. The fourth-order valence-corrected chi connectivity index (χ4v) is 4.56. The van der Waals surface area contributed by atoms with Crippen molar-refractivity contribution < 1.29 is 23.0 Å². The minimum Gasteiger partial charge on any atom is -0.486 e. The van der Waals surface area contributed by atoms with E-state index in [9.17, 15) is 8.78 Å². The Morgan fingerprint density at radius 3 is 2.86 bits per heavy atom. The van der Waals surface area contributed by atoms with Gasteiger partial charge in [0.2, 0.25) is 5.95 Å². The third-order valence-corrected chi connectivity index (χ3v) is 6.02. The number of amidine groups is 1. The quantitative estimate of drug-likeness (QED) is 0.762. The molecule has 0 bridgehead atoms. The molecule has 28 heavy (non-hydrogen) atoms. The Morgan fingerprint density at radius 2 is 2.11 bits per heavy atom. The van der Waals surface area contributed by atoms with Crippen molar-refractivity contribution in [1.29, 1.82) is 0 Å². The van der Waals surface area contributed by atoms with Crippen LogP contribution in [0.3, 0.4) is 0 Å². The molecule has 3 aliphatic heterocycles. The van der Waals surface area contributed by atoms with Gasteiger partial charge in [0.25, 0.3) is 6.02 Å². The molecule has 5 rings (SSSR count). The number of halogens is 2. The summed E-state index contributed by atoms with van der Waals surface area (Å²) >= 11 is 0. The minimum absolute atomic E-state index is 0.0687. The fraction of sp³-hybridized carbons (Fsp3) is 0.400. The Kier molecular flexibility index (Phi) is 3.64. The summed E-state index contributed by atoms with van der Waals surface area (Å²) < 4.78 is 46.7. The second-order valence-electron chi connectivity index (χ2n) is 7.63. The molecule has 0 amide bonds. The molecular formula is C20H19F2N3O3. The van der Waals surface area contributed by atoms with E-state index >= 15 is 0 Å². The van der Waals surface area contributed by atoms with Crippen molar-refractivity contribution in [2.45, 2.75) is 24.5 Å². The van der Waals surface area contributed by atoms with Crippen LogP contribution in [0.1, 0.15) is 18.9 Å². The van der Waals surface area contributed by atoms with E-state index in [-0.39, 0.29) is 29.7 Å². The van der Waals surface area contributed by atoms with Crippen molar-refractivity contribution in [1.82, 2.24) is 4.98 Å². The third kappa shape index (κ3) is 2.33. The normalized spacial score (nSPS) is 30.8. The summed E-state index contributed by atoms with van der Waals surface area (Å²) in [6.45, 7) is 3.12. The molecule has 2 aromatic rings. The number of aromatic nitrogens is 1. The van der Waals surface area contributed by atoms with E-state index in [0.29, 0.717) is 30.9 Å². The van der Waals surface area contributed by atoms with E-state index < -0.39 is 22.9 Å². The van der Waals surface area contributed by atoms with Gasteiger partial charge in [0.15, 0.2) is 0 Å². The van der Waals surface area contributed by atoms with Crippen molar-refractivity contribution in [2.75, 3.05) is 19.8 Å². The highest BCUT2D eigenvalue weighted by Gasteiger charge is 2.60. The van der Waals surface area contributed by atoms with Crippen LogP contribution in [0.15, 0.2) is 35.5 Å². The Hall–Kier alpha value is -2.74. The highest BCUT2D eigenvalue weighted by molar-refractivity contribution is 5.75. The number of nitrogens with zero attached hydrogens (tertiary/aromatic N) is 2. The summed E-state index contributed by atoms with van der Waals surface area (Å²) in [5.41, 5.74) is 5.16. The molecule has 4 heterocycles. The van der Waals surface area contributed by atoms with Crippen LogP contribution in [0.5, 0.6) is 5.75 Å². The molecule has 3 unspecified atom stereocenters. The molecule has 3 aliphatic rings. The molecule has 0 saturated carbocycles. The molecule has 1 spiro atoms. The van der Waals surface area contributed by atoms with Crippen molar-refractivity contribution in [2.24, 2.45) is 16.6 Å². The average molecular weight is 387 g/mol. The lowest BCUT2D eigenvalue weighted by Crippen LogP contribution is -2.59. The van der Waals surface area contributed by atoms with Gasteiger partial charge >= 0.3 is 0 Å². The smallest absolute Gasteiger partial charge is 0.283 e. The van der Waals surface area contributed by atoms with Crippen LogP contribution in [0.25, 0.3) is 11.1 Å². The monoisotopic (exact) mass is 387 g/mol. The molecule has 2 N–H and O–H groups in total. The van der Waals surface area contributed by atoms with E-state index in [1.165, 1.54) is 18.3 Å². The highest BCUT2D eigenvalue weighted by Crippen LogP contribution is 2.55. The molecular weight excluding hydrogens is 368 g/mol. The standard InChI is InChI=1S/C20H19F2N3O3/c1-19-4-6-26-9-16(19)20(10-27-18(23)25-20)13-7-12(14(21)8-15(13)28-19)11-3-2-5-24-17(11)22/h2-3,5,7-8,16H,4,6,9-10H2,1H3,(H2,23,25). The van der Waals surface area contributed by atoms with Crippen LogP contribution in [0, 0.1) is 17.7 Å². The topological polar surface area (TPSA) is 79.0 Å². The van der Waals surface area contributed by atoms with Crippen molar-refractivity contribution in [3.8, 4) is 16.9 Å². The SMILES string of the molecule is CC12CCOCC1C1(COC(N)=N1)c1cc(-c3cccnc3F)c(F)cc1O2. The van der Waals surface area contributed by atoms with E-state index in [1.807, 2.05) is 6.92 Å². The van der Waals surface area contributed by atoms with Crippen molar-refractivity contribution >= 4 is 6.02 Å². The predicted molar refractivity (Wildman–Crippen MR) is 96.8 cm³/mol. The largest absolute Gasteiger partial charge is 0.486 e. The molecule has 1 aromatic heterocycles. The maximum Gasteiger partial charge on any atom is 0.283 e. The van der Waals surface area contributed by atoms with Crippen LogP contribution >= 0.6 is 0 Å². The van der Waals surface area contributed by atoms with Crippen LogP contribution in [-0.4, -0.2) is 36.4 Å². The van der Waals surface area contributed by atoms with E-state index in [1.54, 1.807) is 12.1 Å². The lowest BCUT2D eigenvalue weighted by Gasteiger charge is -2.52. The van der Waals surface area contributed by atoms with Gasteiger partial charge in [-0.25, -0.2) is 14.4 Å². The van der Waals surface area contributed by atoms with Gasteiger partial charge in [-0.2, -0.15) is 4.39 Å². The molecule has 1 fully saturated rings. The first-order chi connectivity index (χ1) is 13.4. The average Bonchev–Trinajstić information content (AvgIpc) is 3.04. The first kappa shape index (κ1) is 17.4. The zero-order chi connectivity index (χ0) is 19.5. The molecule has 1 saturated heterocycles. The summed E-state index contributed by atoms with van der Waals surface area (Å²) in [6.07, 6.45) is 1.95. The van der Waals surface area contributed by atoms with Gasteiger partial charge in [0.05, 0.1) is 19.1 Å². The zero-order valence-corrected chi connectivity index (χ0v) is 15.2. The summed E-state index contributed by atoms with van der Waals surface area (Å²) in [7, 11) is 0. The second-order valence-corrected chi connectivity index (χ2v) is 7.63. The van der Waals surface area contributed by atoms with Crippen molar-refractivity contribution in [3.63, 3.8) is 0 Å². The first-order valence-corrected chi connectivity index (χ1v) is 9.13. The molecule has 0 aliphatic carbocycles. The molecule has 1 aromatic carbocycles. The van der Waals surface area contributed by atoms with Crippen molar-refractivity contribution in [3.05, 3.63) is 47.8 Å². The first-order valence-electron chi connectivity index (χ1n) is 9.13. The van der Waals surface area contributed by atoms with Gasteiger partial charge in [-0.1, -0.05) is 0 Å². The van der Waals surface area contributed by atoms with Gasteiger partial charge in [0, 0.05) is 35.4 Å². The van der Waals surface area contributed by atoms with E-state index in [2.05, 4.69) is 9.98 Å². The highest BCUT2D eigenvalue weighted by atomic mass is 19.1. The van der Waals surface area contributed by atoms with Gasteiger partial charge in [-0.3, -0.25) is 0 Å². The Balaban J connectivity index is 1.75. The van der Waals surface area contributed by atoms with Crippen LogP contribution in [-0.2, 0) is 15.0 Å². The lowest BCUT2D eigenvalue weighted by molar-refractivity contribution is -0.129. The molecule has 0 radical (unpaired) electrons. The van der Waals surface area contributed by atoms with Gasteiger partial charge in [0.1, 0.15) is 29.3 Å². The maximum atomic E-state index is 15.0. The Labute approximate surface area is 160 Å². The number of fused-ring (bicyclic) bond motifs is 4. The Morgan fingerprint density at radius 1 is 1.25 bits per heavy atom. The van der Waals surface area contributed by atoms with Gasteiger partial charge in [-0.05, 0) is 25.1 Å². The van der Waals surface area contributed by atoms with Crippen LogP contribution < -0.4 is 10.5 Å². The van der Waals surface area contributed by atoms with Gasteiger partial charge in [-0.15, -0.1) is 0 Å². The number of pyridine rings is 1. The summed E-state index contributed by atoms with van der Waals surface area (Å²) in [5, 5.41) is 0. The number of ether oxygens (including phenoxy) is 3. The number of nitrogens with two attached hydrogens (primary N) is 1. The Bertz CT molecular complexity index is 999. The van der Waals surface area contributed by atoms with E-state index in [4.69, 9.17) is 19.9 Å². The summed E-state index contributed by atoms with van der Waals surface area (Å²) in [5.74, 6) is -1.15. The van der Waals surface area contributed by atoms with Gasteiger partial charge < -0.3 is 19.9 Å².